The number of pyridine rings is 1. The summed E-state index contributed by atoms with van der Waals surface area (Å²) in [5.41, 5.74) is 2.51. The van der Waals surface area contributed by atoms with Crippen LogP contribution in [0.5, 0.6) is 0 Å². The fourth-order valence-electron chi connectivity index (χ4n) is 2.55. The average molecular weight is 324 g/mol. The third-order valence-electron chi connectivity index (χ3n) is 3.75. The van der Waals surface area contributed by atoms with E-state index in [1.54, 1.807) is 12.1 Å². The normalized spacial score (nSPS) is 12.1. The number of benzene rings is 2. The number of hydrogen-bond donors (Lipinski definition) is 2. The van der Waals surface area contributed by atoms with E-state index in [1.807, 2.05) is 31.2 Å². The zero-order chi connectivity index (χ0) is 17.1. The van der Waals surface area contributed by atoms with Crippen LogP contribution >= 0.6 is 0 Å². The van der Waals surface area contributed by atoms with Gasteiger partial charge in [0.25, 0.3) is 0 Å². The molecule has 1 amide bonds. The van der Waals surface area contributed by atoms with E-state index in [0.29, 0.717) is 16.8 Å². The number of amides is 1. The molecule has 2 N–H and O–H groups in total. The lowest BCUT2D eigenvalue weighted by molar-refractivity contribution is -0.118. The van der Waals surface area contributed by atoms with Crippen molar-refractivity contribution in [2.24, 2.45) is 0 Å². The zero-order valence-electron chi connectivity index (χ0n) is 13.2. The number of aliphatic hydroxyl groups excluding tert-OH is 1. The molecule has 0 aliphatic rings. The third-order valence-corrected chi connectivity index (χ3v) is 3.75. The van der Waals surface area contributed by atoms with E-state index in [0.717, 1.165) is 11.1 Å². The fraction of sp³-hybridized carbons (Fsp3) is 0.158. The topological polar surface area (TPSA) is 62.2 Å². The van der Waals surface area contributed by atoms with Crippen molar-refractivity contribution in [3.8, 4) is 0 Å². The Labute approximate surface area is 139 Å². The maximum absolute atomic E-state index is 13.2. The summed E-state index contributed by atoms with van der Waals surface area (Å²) in [6, 6.07) is 15.0. The van der Waals surface area contributed by atoms with E-state index in [-0.39, 0.29) is 12.3 Å². The molecular weight excluding hydrogens is 307 g/mol. The summed E-state index contributed by atoms with van der Waals surface area (Å²) in [5, 5.41) is 13.8. The van der Waals surface area contributed by atoms with Crippen molar-refractivity contribution in [2.75, 3.05) is 5.32 Å². The molecule has 2 aromatic carbocycles. The second-order valence-corrected chi connectivity index (χ2v) is 5.65. The minimum Gasteiger partial charge on any atom is -0.388 e. The molecule has 0 saturated heterocycles. The first-order valence-corrected chi connectivity index (χ1v) is 7.63. The summed E-state index contributed by atoms with van der Waals surface area (Å²) in [6.07, 6.45) is -1.23. The molecule has 1 atom stereocenters. The quantitative estimate of drug-likeness (QED) is 0.768. The van der Waals surface area contributed by atoms with Crippen molar-refractivity contribution in [1.29, 1.82) is 0 Å². The minimum absolute atomic E-state index is 0.161. The largest absolute Gasteiger partial charge is 0.388 e. The molecule has 0 radical (unpaired) electrons. The van der Waals surface area contributed by atoms with E-state index in [4.69, 9.17) is 0 Å². The van der Waals surface area contributed by atoms with Gasteiger partial charge in [-0.1, -0.05) is 30.3 Å². The van der Waals surface area contributed by atoms with Gasteiger partial charge in [0.1, 0.15) is 5.82 Å². The number of nitrogens with one attached hydrogen (secondary N) is 1. The molecular formula is C19H17FN2O2. The predicted octanol–water partition coefficient (Wildman–Crippen LogP) is 3.74. The van der Waals surface area contributed by atoms with Gasteiger partial charge in [-0.3, -0.25) is 9.78 Å². The summed E-state index contributed by atoms with van der Waals surface area (Å²) >= 11 is 0. The number of halogens is 1. The zero-order valence-corrected chi connectivity index (χ0v) is 13.2. The average Bonchev–Trinajstić information content (AvgIpc) is 2.55. The van der Waals surface area contributed by atoms with Crippen LogP contribution in [0.25, 0.3) is 10.9 Å². The first-order valence-electron chi connectivity index (χ1n) is 7.63. The number of carbonyl (C=O) groups is 1. The maximum Gasteiger partial charge on any atom is 0.227 e. The number of fused-ring (bicyclic) bond motifs is 1. The van der Waals surface area contributed by atoms with Crippen LogP contribution in [0.1, 0.15) is 23.8 Å². The van der Waals surface area contributed by atoms with Gasteiger partial charge in [-0.15, -0.1) is 0 Å². The van der Waals surface area contributed by atoms with Crippen LogP contribution in [0.2, 0.25) is 0 Å². The molecule has 3 aromatic rings. The first-order chi connectivity index (χ1) is 11.5. The standard InChI is InChI=1S/C19H17FN2O2/c1-12-8-9-13-4-3-7-16(19(13)21-12)22-18(24)11-17(23)14-5-2-6-15(20)10-14/h2-10,17,23H,11H2,1H3,(H,22,24). The first kappa shape index (κ1) is 16.1. The lowest BCUT2D eigenvalue weighted by Crippen LogP contribution is -2.16. The number of hydrogen-bond acceptors (Lipinski definition) is 3. The Balaban J connectivity index is 1.77. The number of anilines is 1. The lowest BCUT2D eigenvalue weighted by atomic mass is 10.1. The van der Waals surface area contributed by atoms with Gasteiger partial charge in [0.15, 0.2) is 0 Å². The van der Waals surface area contributed by atoms with Crippen LogP contribution in [0, 0.1) is 12.7 Å². The smallest absolute Gasteiger partial charge is 0.227 e. The van der Waals surface area contributed by atoms with Crippen LogP contribution in [0.15, 0.2) is 54.6 Å². The van der Waals surface area contributed by atoms with Gasteiger partial charge in [0, 0.05) is 11.1 Å². The molecule has 4 nitrogen and oxygen atoms in total. The molecule has 0 spiro atoms. The SMILES string of the molecule is Cc1ccc2cccc(NC(=O)CC(O)c3cccc(F)c3)c2n1. The van der Waals surface area contributed by atoms with E-state index < -0.39 is 11.9 Å². The van der Waals surface area contributed by atoms with Crippen LogP contribution in [-0.2, 0) is 4.79 Å². The molecule has 0 aliphatic carbocycles. The number of para-hydroxylation sites is 1. The van der Waals surface area contributed by atoms with Crippen molar-refractivity contribution >= 4 is 22.5 Å². The Morgan fingerprint density at radius 2 is 2.00 bits per heavy atom. The van der Waals surface area contributed by atoms with Crippen LogP contribution in [0.3, 0.4) is 0 Å². The number of nitrogens with zero attached hydrogens (tertiary/aromatic N) is 1. The molecule has 3 rings (SSSR count). The predicted molar refractivity (Wildman–Crippen MR) is 91.1 cm³/mol. The summed E-state index contributed by atoms with van der Waals surface area (Å²) in [6.45, 7) is 1.88. The highest BCUT2D eigenvalue weighted by Crippen LogP contribution is 2.23. The van der Waals surface area contributed by atoms with Crippen molar-refractivity contribution < 1.29 is 14.3 Å². The Morgan fingerprint density at radius 3 is 2.79 bits per heavy atom. The van der Waals surface area contributed by atoms with Gasteiger partial charge in [0.2, 0.25) is 5.91 Å². The highest BCUT2D eigenvalue weighted by molar-refractivity contribution is 6.00. The van der Waals surface area contributed by atoms with E-state index in [9.17, 15) is 14.3 Å². The molecule has 5 heteroatoms. The molecule has 24 heavy (non-hydrogen) atoms. The van der Waals surface area contributed by atoms with Gasteiger partial charge >= 0.3 is 0 Å². The molecule has 0 saturated carbocycles. The van der Waals surface area contributed by atoms with Crippen LogP contribution in [-0.4, -0.2) is 16.0 Å². The number of aliphatic hydroxyl groups is 1. The van der Waals surface area contributed by atoms with Gasteiger partial charge in [-0.05, 0) is 36.8 Å². The molecule has 1 heterocycles. The molecule has 0 bridgehead atoms. The Hall–Kier alpha value is -2.79. The summed E-state index contributed by atoms with van der Waals surface area (Å²) in [5.74, 6) is -0.803. The van der Waals surface area contributed by atoms with Gasteiger partial charge in [-0.25, -0.2) is 4.39 Å². The van der Waals surface area contributed by atoms with Crippen molar-refractivity contribution in [1.82, 2.24) is 4.98 Å². The van der Waals surface area contributed by atoms with Gasteiger partial charge in [-0.2, -0.15) is 0 Å². The second kappa shape index (κ2) is 6.76. The number of carbonyl (C=O) groups excluding carboxylic acids is 1. The molecule has 1 aromatic heterocycles. The van der Waals surface area contributed by atoms with Crippen molar-refractivity contribution in [3.05, 3.63) is 71.7 Å². The van der Waals surface area contributed by atoms with Gasteiger partial charge < -0.3 is 10.4 Å². The van der Waals surface area contributed by atoms with Crippen molar-refractivity contribution in [2.45, 2.75) is 19.4 Å². The van der Waals surface area contributed by atoms with Crippen LogP contribution < -0.4 is 5.32 Å². The Morgan fingerprint density at radius 1 is 1.21 bits per heavy atom. The summed E-state index contributed by atoms with van der Waals surface area (Å²) < 4.78 is 13.2. The van der Waals surface area contributed by atoms with Crippen LogP contribution in [0.4, 0.5) is 10.1 Å². The molecule has 122 valence electrons. The highest BCUT2D eigenvalue weighted by atomic mass is 19.1. The highest BCUT2D eigenvalue weighted by Gasteiger charge is 2.15. The lowest BCUT2D eigenvalue weighted by Gasteiger charge is -2.12. The third kappa shape index (κ3) is 3.58. The summed E-state index contributed by atoms with van der Waals surface area (Å²) in [7, 11) is 0. The van der Waals surface area contributed by atoms with E-state index >= 15 is 0 Å². The number of aryl methyl sites for hydroxylation is 1. The molecule has 1 unspecified atom stereocenters. The fourth-order valence-corrected chi connectivity index (χ4v) is 2.55. The van der Waals surface area contributed by atoms with E-state index in [1.165, 1.54) is 18.2 Å². The number of rotatable bonds is 4. The molecule has 0 fully saturated rings. The van der Waals surface area contributed by atoms with E-state index in [2.05, 4.69) is 10.3 Å². The summed E-state index contributed by atoms with van der Waals surface area (Å²) in [4.78, 5) is 16.7. The molecule has 0 aliphatic heterocycles. The monoisotopic (exact) mass is 324 g/mol. The number of aromatic nitrogens is 1. The Bertz CT molecular complexity index is 895. The maximum atomic E-state index is 13.2. The van der Waals surface area contributed by atoms with Gasteiger partial charge in [0.05, 0.1) is 23.7 Å². The van der Waals surface area contributed by atoms with Crippen molar-refractivity contribution in [3.63, 3.8) is 0 Å². The second-order valence-electron chi connectivity index (χ2n) is 5.65. The minimum atomic E-state index is -1.06. The Kier molecular flexibility index (Phi) is 4.53.